The number of nitrogens with two attached hydrogens (primary N) is 1. The monoisotopic (exact) mass is 344 g/mol. The highest BCUT2D eigenvalue weighted by atomic mass is 16.1. The third kappa shape index (κ3) is 3.16. The molecule has 4 rings (SSSR count). The minimum Gasteiger partial charge on any atom is -0.369 e. The highest BCUT2D eigenvalue weighted by molar-refractivity contribution is 6.13. The molecule has 0 atom stereocenters. The van der Waals surface area contributed by atoms with E-state index in [1.54, 1.807) is 0 Å². The molecule has 1 aromatic heterocycles. The summed E-state index contributed by atoms with van der Waals surface area (Å²) < 4.78 is 0. The second-order valence-electron chi connectivity index (χ2n) is 6.52. The smallest absolute Gasteiger partial charge is 0.258 e. The van der Waals surface area contributed by atoms with Crippen LogP contribution in [0.25, 0.3) is 10.9 Å². The van der Waals surface area contributed by atoms with Gasteiger partial charge in [-0.25, -0.2) is 4.99 Å². The van der Waals surface area contributed by atoms with Crippen molar-refractivity contribution in [2.75, 3.05) is 0 Å². The van der Waals surface area contributed by atoms with Gasteiger partial charge in [-0.15, -0.1) is 0 Å². The number of hydrogen-bond donors (Lipinski definition) is 2. The zero-order chi connectivity index (χ0) is 17.9. The summed E-state index contributed by atoms with van der Waals surface area (Å²) in [7, 11) is 0. The summed E-state index contributed by atoms with van der Waals surface area (Å²) in [6.45, 7) is 0. The van der Waals surface area contributed by atoms with Crippen molar-refractivity contribution in [1.29, 1.82) is 0 Å². The molecule has 1 saturated carbocycles. The van der Waals surface area contributed by atoms with Crippen LogP contribution in [0.3, 0.4) is 0 Å². The number of pyridine rings is 1. The number of carbonyl (C=O) groups is 1. The molecule has 2 aromatic carbocycles. The number of guanidine groups is 1. The van der Waals surface area contributed by atoms with Crippen LogP contribution in [0.15, 0.2) is 65.8 Å². The highest BCUT2D eigenvalue weighted by Gasteiger charge is 2.27. The minimum atomic E-state index is -0.234. The molecule has 5 heteroatoms. The predicted molar refractivity (Wildman–Crippen MR) is 104 cm³/mol. The van der Waals surface area contributed by atoms with Crippen LogP contribution in [-0.4, -0.2) is 16.9 Å². The Morgan fingerprint density at radius 3 is 2.54 bits per heavy atom. The van der Waals surface area contributed by atoms with Crippen molar-refractivity contribution in [3.8, 4) is 0 Å². The van der Waals surface area contributed by atoms with Gasteiger partial charge in [-0.1, -0.05) is 42.8 Å². The predicted octanol–water partition coefficient (Wildman–Crippen LogP) is 3.88. The number of nitrogens with zero attached hydrogens (tertiary/aromatic N) is 2. The molecule has 1 fully saturated rings. The Morgan fingerprint density at radius 1 is 1.08 bits per heavy atom. The van der Waals surface area contributed by atoms with Gasteiger partial charge in [0, 0.05) is 11.6 Å². The second-order valence-corrected chi connectivity index (χ2v) is 6.52. The van der Waals surface area contributed by atoms with Crippen molar-refractivity contribution in [2.24, 2.45) is 10.7 Å². The van der Waals surface area contributed by atoms with E-state index in [9.17, 15) is 4.79 Å². The Bertz CT molecular complexity index is 978. The summed E-state index contributed by atoms with van der Waals surface area (Å²) in [6.07, 6.45) is 5.21. The first-order valence-corrected chi connectivity index (χ1v) is 8.80. The molecule has 26 heavy (non-hydrogen) atoms. The van der Waals surface area contributed by atoms with Gasteiger partial charge in [-0.3, -0.25) is 15.1 Å². The molecule has 0 saturated heterocycles. The van der Waals surface area contributed by atoms with Crippen molar-refractivity contribution in [3.05, 3.63) is 71.9 Å². The van der Waals surface area contributed by atoms with E-state index in [1.807, 2.05) is 60.8 Å². The van der Waals surface area contributed by atoms with E-state index in [4.69, 9.17) is 5.73 Å². The van der Waals surface area contributed by atoms with E-state index in [2.05, 4.69) is 15.3 Å². The van der Waals surface area contributed by atoms with Gasteiger partial charge in [-0.05, 0) is 42.5 Å². The van der Waals surface area contributed by atoms with Gasteiger partial charge in [0.15, 0.2) is 0 Å². The van der Waals surface area contributed by atoms with Crippen molar-refractivity contribution in [1.82, 2.24) is 10.3 Å². The first-order chi connectivity index (χ1) is 12.7. The topological polar surface area (TPSA) is 80.4 Å². The lowest BCUT2D eigenvalue weighted by Crippen LogP contribution is -2.37. The summed E-state index contributed by atoms with van der Waals surface area (Å²) in [5, 5.41) is 3.59. The zero-order valence-corrected chi connectivity index (χ0v) is 14.4. The number of hydrogen-bond acceptors (Lipinski definition) is 3. The standard InChI is InChI=1S/C21H20N4O/c22-21(24-15-9-2-1-3-10-15)25-20(26)19-16-11-4-5-12-18(16)23-13-17(19)14-7-6-8-14/h1-5,9-14H,6-8H2,(H3,22,24,25,26). The first kappa shape index (κ1) is 16.3. The van der Waals surface area contributed by atoms with Crippen LogP contribution in [0.5, 0.6) is 0 Å². The van der Waals surface area contributed by atoms with Gasteiger partial charge in [0.25, 0.3) is 5.91 Å². The molecule has 1 aliphatic rings. The number of nitrogens with one attached hydrogen (secondary N) is 1. The Hall–Kier alpha value is -3.21. The summed E-state index contributed by atoms with van der Waals surface area (Å²) in [6, 6.07) is 17.0. The van der Waals surface area contributed by atoms with Crippen LogP contribution in [0.4, 0.5) is 5.69 Å². The SMILES string of the molecule is NC(=Nc1ccccc1)NC(=O)c1c(C2CCC2)cnc2ccccc12. The van der Waals surface area contributed by atoms with Crippen molar-refractivity contribution < 1.29 is 4.79 Å². The number of benzene rings is 2. The third-order valence-corrected chi connectivity index (χ3v) is 4.82. The van der Waals surface area contributed by atoms with E-state index in [-0.39, 0.29) is 11.9 Å². The normalized spacial score (nSPS) is 14.8. The third-order valence-electron chi connectivity index (χ3n) is 4.82. The van der Waals surface area contributed by atoms with Crippen molar-refractivity contribution in [3.63, 3.8) is 0 Å². The molecule has 0 aliphatic heterocycles. The number of carbonyl (C=O) groups excluding carboxylic acids is 1. The van der Waals surface area contributed by atoms with E-state index < -0.39 is 0 Å². The highest BCUT2D eigenvalue weighted by Crippen LogP contribution is 2.39. The van der Waals surface area contributed by atoms with Crippen LogP contribution >= 0.6 is 0 Å². The number of rotatable bonds is 3. The Balaban J connectivity index is 1.70. The maximum absolute atomic E-state index is 13.0. The molecule has 0 bridgehead atoms. The zero-order valence-electron chi connectivity index (χ0n) is 14.4. The molecular weight excluding hydrogens is 324 g/mol. The van der Waals surface area contributed by atoms with Gasteiger partial charge in [0.1, 0.15) is 0 Å². The first-order valence-electron chi connectivity index (χ1n) is 8.80. The summed E-state index contributed by atoms with van der Waals surface area (Å²) >= 11 is 0. The van der Waals surface area contributed by atoms with E-state index in [0.29, 0.717) is 17.2 Å². The molecule has 0 unspecified atom stereocenters. The average molecular weight is 344 g/mol. The number of aromatic nitrogens is 1. The average Bonchev–Trinajstić information content (AvgIpc) is 2.60. The minimum absolute atomic E-state index is 0.0849. The van der Waals surface area contributed by atoms with E-state index in [0.717, 1.165) is 29.3 Å². The summed E-state index contributed by atoms with van der Waals surface area (Å²) in [4.78, 5) is 21.8. The molecule has 3 aromatic rings. The maximum atomic E-state index is 13.0. The Kier molecular flexibility index (Phi) is 4.35. The number of para-hydroxylation sites is 2. The lowest BCUT2D eigenvalue weighted by atomic mass is 9.78. The fourth-order valence-corrected chi connectivity index (χ4v) is 3.29. The van der Waals surface area contributed by atoms with Gasteiger partial charge in [0.2, 0.25) is 5.96 Å². The lowest BCUT2D eigenvalue weighted by Gasteiger charge is -2.27. The number of fused-ring (bicyclic) bond motifs is 1. The number of aliphatic imine (C=N–C) groups is 1. The van der Waals surface area contributed by atoms with Crippen molar-refractivity contribution >= 4 is 28.5 Å². The van der Waals surface area contributed by atoms with E-state index in [1.165, 1.54) is 6.42 Å². The molecule has 1 amide bonds. The van der Waals surface area contributed by atoms with Crippen LogP contribution in [0.1, 0.15) is 41.1 Å². The molecule has 5 nitrogen and oxygen atoms in total. The molecule has 0 spiro atoms. The fraction of sp³-hybridized carbons (Fsp3) is 0.190. The van der Waals surface area contributed by atoms with Crippen LogP contribution in [0.2, 0.25) is 0 Å². The quantitative estimate of drug-likeness (QED) is 0.559. The lowest BCUT2D eigenvalue weighted by molar-refractivity contribution is 0.0976. The van der Waals surface area contributed by atoms with Crippen molar-refractivity contribution in [2.45, 2.75) is 25.2 Å². The second kappa shape index (κ2) is 6.96. The van der Waals surface area contributed by atoms with Crippen LogP contribution in [0, 0.1) is 0 Å². The molecular formula is C21H20N4O. The van der Waals surface area contributed by atoms with E-state index >= 15 is 0 Å². The summed E-state index contributed by atoms with van der Waals surface area (Å²) in [5.41, 5.74) is 9.13. The summed E-state index contributed by atoms with van der Waals surface area (Å²) in [5.74, 6) is 0.240. The molecule has 1 aliphatic carbocycles. The number of amides is 1. The Morgan fingerprint density at radius 2 is 1.81 bits per heavy atom. The van der Waals surface area contributed by atoms with Gasteiger partial charge in [0.05, 0.1) is 16.8 Å². The molecule has 1 heterocycles. The molecule has 130 valence electrons. The van der Waals surface area contributed by atoms with Gasteiger partial charge >= 0.3 is 0 Å². The Labute approximate surface area is 152 Å². The largest absolute Gasteiger partial charge is 0.369 e. The molecule has 3 N–H and O–H groups in total. The maximum Gasteiger partial charge on any atom is 0.258 e. The fourth-order valence-electron chi connectivity index (χ4n) is 3.29. The van der Waals surface area contributed by atoms with Gasteiger partial charge < -0.3 is 5.73 Å². The van der Waals surface area contributed by atoms with Crippen LogP contribution in [-0.2, 0) is 0 Å². The molecule has 0 radical (unpaired) electrons. The van der Waals surface area contributed by atoms with Gasteiger partial charge in [-0.2, -0.15) is 0 Å². The van der Waals surface area contributed by atoms with Crippen LogP contribution < -0.4 is 11.1 Å².